The van der Waals surface area contributed by atoms with E-state index in [2.05, 4.69) is 24.7 Å². The lowest BCUT2D eigenvalue weighted by atomic mass is 10.2. The largest absolute Gasteiger partial charge is 0.322 e. The molecule has 4 rings (SSSR count). The van der Waals surface area contributed by atoms with Gasteiger partial charge < -0.3 is 5.32 Å². The second kappa shape index (κ2) is 10.8. The number of anilines is 3. The van der Waals surface area contributed by atoms with Gasteiger partial charge in [-0.3, -0.25) is 9.52 Å². The van der Waals surface area contributed by atoms with E-state index in [1.807, 2.05) is 0 Å². The number of benzene rings is 3. The standard InChI is InChI=1S/C25H22ClN5O5S2/c1-16-5-3-4-6-22(16)30-38(35,36)23-15-18(7-12-21(23)26)24(32)29-19-8-10-20(11-9-19)37(33,34)31-25-27-14-13-17(2)28-25/h3-15,30H,1-2H3,(H,29,32)(H,27,28,31). The molecule has 13 heteroatoms. The molecule has 0 atom stereocenters. The Balaban J connectivity index is 1.50. The smallest absolute Gasteiger partial charge is 0.264 e. The van der Waals surface area contributed by atoms with Gasteiger partial charge >= 0.3 is 0 Å². The molecule has 0 saturated carbocycles. The molecule has 3 aromatic carbocycles. The first-order valence-corrected chi connectivity index (χ1v) is 14.4. The summed E-state index contributed by atoms with van der Waals surface area (Å²) in [5.74, 6) is -0.677. The first-order valence-electron chi connectivity index (χ1n) is 11.1. The summed E-state index contributed by atoms with van der Waals surface area (Å²) >= 11 is 6.16. The summed E-state index contributed by atoms with van der Waals surface area (Å²) in [5.41, 5.74) is 2.03. The summed E-state index contributed by atoms with van der Waals surface area (Å²) in [6, 6.07) is 17.8. The molecule has 196 valence electrons. The molecule has 0 aliphatic rings. The minimum Gasteiger partial charge on any atom is -0.322 e. The lowest BCUT2D eigenvalue weighted by Gasteiger charge is -2.13. The van der Waals surface area contributed by atoms with Crippen LogP contribution in [0.1, 0.15) is 21.6 Å². The number of nitrogens with one attached hydrogen (secondary N) is 3. The maximum Gasteiger partial charge on any atom is 0.264 e. The second-order valence-corrected chi connectivity index (χ2v) is 11.9. The van der Waals surface area contributed by atoms with Crippen LogP contribution in [0, 0.1) is 13.8 Å². The van der Waals surface area contributed by atoms with Gasteiger partial charge in [0.05, 0.1) is 15.6 Å². The van der Waals surface area contributed by atoms with Crippen LogP contribution in [0.5, 0.6) is 0 Å². The number of rotatable bonds is 8. The highest BCUT2D eigenvalue weighted by Crippen LogP contribution is 2.27. The minimum atomic E-state index is -4.09. The van der Waals surface area contributed by atoms with Crippen LogP contribution < -0.4 is 14.8 Å². The van der Waals surface area contributed by atoms with E-state index in [-0.39, 0.29) is 32.0 Å². The molecular weight excluding hydrogens is 550 g/mol. The monoisotopic (exact) mass is 571 g/mol. The van der Waals surface area contributed by atoms with Gasteiger partial charge in [-0.15, -0.1) is 0 Å². The Labute approximate surface area is 225 Å². The maximum atomic E-state index is 13.0. The third-order valence-corrected chi connectivity index (χ3v) is 8.51. The number of aromatic nitrogens is 2. The van der Waals surface area contributed by atoms with Crippen molar-refractivity contribution in [3.8, 4) is 0 Å². The van der Waals surface area contributed by atoms with Crippen molar-refractivity contribution in [2.75, 3.05) is 14.8 Å². The number of para-hydroxylation sites is 1. The summed E-state index contributed by atoms with van der Waals surface area (Å²) in [4.78, 5) is 20.4. The lowest BCUT2D eigenvalue weighted by Crippen LogP contribution is -2.17. The number of nitrogens with zero attached hydrogens (tertiary/aromatic N) is 2. The van der Waals surface area contributed by atoms with Crippen LogP contribution in [0.3, 0.4) is 0 Å². The van der Waals surface area contributed by atoms with Gasteiger partial charge in [0.1, 0.15) is 4.90 Å². The van der Waals surface area contributed by atoms with Crippen molar-refractivity contribution < 1.29 is 21.6 Å². The first kappa shape index (κ1) is 27.0. The van der Waals surface area contributed by atoms with Crippen LogP contribution in [0.4, 0.5) is 17.3 Å². The number of hydrogen-bond acceptors (Lipinski definition) is 7. The quantitative estimate of drug-likeness (QED) is 0.280. The van der Waals surface area contributed by atoms with Crippen molar-refractivity contribution in [1.82, 2.24) is 9.97 Å². The van der Waals surface area contributed by atoms with Gasteiger partial charge in [-0.2, -0.15) is 0 Å². The normalized spacial score (nSPS) is 11.6. The van der Waals surface area contributed by atoms with E-state index in [1.165, 1.54) is 48.7 Å². The first-order chi connectivity index (χ1) is 17.9. The second-order valence-electron chi connectivity index (χ2n) is 8.17. The molecular formula is C25H22ClN5O5S2. The van der Waals surface area contributed by atoms with Crippen molar-refractivity contribution in [2.24, 2.45) is 0 Å². The number of hydrogen-bond donors (Lipinski definition) is 3. The average molecular weight is 572 g/mol. The van der Waals surface area contributed by atoms with Crippen molar-refractivity contribution >= 4 is 54.9 Å². The van der Waals surface area contributed by atoms with Crippen LogP contribution in [0.15, 0.2) is 88.8 Å². The molecule has 0 aliphatic carbocycles. The molecule has 1 heterocycles. The van der Waals surface area contributed by atoms with E-state index < -0.39 is 26.0 Å². The van der Waals surface area contributed by atoms with E-state index >= 15 is 0 Å². The zero-order valence-electron chi connectivity index (χ0n) is 20.1. The third-order valence-electron chi connectivity index (χ3n) is 5.32. The van der Waals surface area contributed by atoms with Crippen molar-refractivity contribution in [3.05, 3.63) is 101 Å². The zero-order chi connectivity index (χ0) is 27.5. The van der Waals surface area contributed by atoms with Gasteiger partial charge in [0, 0.05) is 23.1 Å². The van der Waals surface area contributed by atoms with Crippen LogP contribution in [-0.4, -0.2) is 32.7 Å². The number of sulfonamides is 2. The topological polar surface area (TPSA) is 147 Å². The predicted molar refractivity (Wildman–Crippen MR) is 145 cm³/mol. The van der Waals surface area contributed by atoms with Crippen LogP contribution in [0.25, 0.3) is 0 Å². The Morgan fingerprint density at radius 1 is 0.842 bits per heavy atom. The molecule has 0 saturated heterocycles. The Hall–Kier alpha value is -4.00. The number of carbonyl (C=O) groups is 1. The molecule has 1 amide bonds. The van der Waals surface area contributed by atoms with E-state index in [1.54, 1.807) is 44.2 Å². The Kier molecular flexibility index (Phi) is 7.67. The van der Waals surface area contributed by atoms with Crippen LogP contribution in [0.2, 0.25) is 5.02 Å². The van der Waals surface area contributed by atoms with Gasteiger partial charge in [-0.05, 0) is 74.0 Å². The number of carbonyl (C=O) groups excluding carboxylic acids is 1. The van der Waals surface area contributed by atoms with Gasteiger partial charge in [0.25, 0.3) is 26.0 Å². The summed E-state index contributed by atoms with van der Waals surface area (Å²) in [5, 5.41) is 2.56. The van der Waals surface area contributed by atoms with E-state index in [4.69, 9.17) is 11.6 Å². The van der Waals surface area contributed by atoms with E-state index in [0.29, 0.717) is 16.9 Å². The van der Waals surface area contributed by atoms with Gasteiger partial charge in [0.2, 0.25) is 5.95 Å². The molecule has 38 heavy (non-hydrogen) atoms. The molecule has 0 bridgehead atoms. The summed E-state index contributed by atoms with van der Waals surface area (Å²) < 4.78 is 56.0. The fraction of sp³-hybridized carbons (Fsp3) is 0.0800. The highest BCUT2D eigenvalue weighted by Gasteiger charge is 2.21. The van der Waals surface area contributed by atoms with Gasteiger partial charge in [0.15, 0.2) is 0 Å². The van der Waals surface area contributed by atoms with Crippen molar-refractivity contribution in [3.63, 3.8) is 0 Å². The minimum absolute atomic E-state index is 0.0366. The Morgan fingerprint density at radius 2 is 1.55 bits per heavy atom. The molecule has 1 aromatic heterocycles. The fourth-order valence-electron chi connectivity index (χ4n) is 3.34. The predicted octanol–water partition coefficient (Wildman–Crippen LogP) is 4.60. The van der Waals surface area contributed by atoms with Gasteiger partial charge in [-0.25, -0.2) is 31.5 Å². The molecule has 0 unspecified atom stereocenters. The van der Waals surface area contributed by atoms with E-state index in [0.717, 1.165) is 0 Å². The molecule has 0 aliphatic heterocycles. The highest BCUT2D eigenvalue weighted by molar-refractivity contribution is 7.93. The maximum absolute atomic E-state index is 13.0. The fourth-order valence-corrected chi connectivity index (χ4v) is 5.94. The van der Waals surface area contributed by atoms with Crippen molar-refractivity contribution in [1.29, 1.82) is 0 Å². The average Bonchev–Trinajstić information content (AvgIpc) is 2.85. The van der Waals surface area contributed by atoms with Crippen LogP contribution >= 0.6 is 11.6 Å². The zero-order valence-corrected chi connectivity index (χ0v) is 22.5. The molecule has 10 nitrogen and oxygen atoms in total. The number of aryl methyl sites for hydroxylation is 2. The Morgan fingerprint density at radius 3 is 2.24 bits per heavy atom. The van der Waals surface area contributed by atoms with Crippen LogP contribution in [-0.2, 0) is 20.0 Å². The van der Waals surface area contributed by atoms with Gasteiger partial charge in [-0.1, -0.05) is 29.8 Å². The third kappa shape index (κ3) is 6.28. The lowest BCUT2D eigenvalue weighted by molar-refractivity contribution is 0.102. The van der Waals surface area contributed by atoms with Crippen molar-refractivity contribution in [2.45, 2.75) is 23.6 Å². The summed E-state index contributed by atoms with van der Waals surface area (Å²) in [6.07, 6.45) is 1.44. The highest BCUT2D eigenvalue weighted by atomic mass is 35.5. The number of amides is 1. The molecule has 0 spiro atoms. The summed E-state index contributed by atoms with van der Waals surface area (Å²) in [6.45, 7) is 3.46. The molecule has 3 N–H and O–H groups in total. The molecule has 0 fully saturated rings. The van der Waals surface area contributed by atoms with E-state index in [9.17, 15) is 21.6 Å². The molecule has 4 aromatic rings. The SMILES string of the molecule is Cc1ccnc(NS(=O)(=O)c2ccc(NC(=O)c3ccc(Cl)c(S(=O)(=O)Nc4ccccc4C)c3)cc2)n1. The molecule has 0 radical (unpaired) electrons. The summed E-state index contributed by atoms with van der Waals surface area (Å²) in [7, 11) is -8.05. The number of halogens is 1. The Bertz CT molecular complexity index is 1730.